The van der Waals surface area contributed by atoms with Crippen molar-refractivity contribution in [3.8, 4) is 0 Å². The first-order valence-electron chi connectivity index (χ1n) is 4.22. The van der Waals surface area contributed by atoms with E-state index in [-0.39, 0.29) is 5.78 Å². The number of benzene rings is 1. The van der Waals surface area contributed by atoms with Gasteiger partial charge < -0.3 is 5.73 Å². The zero-order valence-electron chi connectivity index (χ0n) is 7.44. The van der Waals surface area contributed by atoms with Crippen LogP contribution in [0.2, 0.25) is 0 Å². The van der Waals surface area contributed by atoms with E-state index in [9.17, 15) is 4.79 Å². The van der Waals surface area contributed by atoms with Gasteiger partial charge in [0.05, 0.1) is 9.93 Å². The quantitative estimate of drug-likeness (QED) is 0.711. The summed E-state index contributed by atoms with van der Waals surface area (Å²) in [6.07, 6.45) is 3.31. The second-order valence-corrected chi connectivity index (χ2v) is 4.05. The molecule has 0 saturated carbocycles. The Morgan fingerprint density at radius 3 is 2.50 bits per heavy atom. The topological polar surface area (TPSA) is 43.1 Å². The number of rotatable bonds is 1. The smallest absolute Gasteiger partial charge is 0.195 e. The summed E-state index contributed by atoms with van der Waals surface area (Å²) in [5.74, 6) is -0.00338. The van der Waals surface area contributed by atoms with Crippen LogP contribution in [0.25, 0.3) is 6.08 Å². The molecule has 1 aromatic carbocycles. The monoisotopic (exact) mass is 203 g/mol. The second kappa shape index (κ2) is 3.72. The van der Waals surface area contributed by atoms with Crippen LogP contribution in [0.15, 0.2) is 46.3 Å². The van der Waals surface area contributed by atoms with Gasteiger partial charge in [0.15, 0.2) is 5.78 Å². The van der Waals surface area contributed by atoms with Crippen molar-refractivity contribution in [2.75, 3.05) is 0 Å². The SMILES string of the molecule is NC1=CC(=O)/C(=C\c2ccccc2)S1. The molecule has 0 aliphatic carbocycles. The van der Waals surface area contributed by atoms with Gasteiger partial charge in [-0.3, -0.25) is 4.79 Å². The Kier molecular flexibility index (Phi) is 2.41. The first-order valence-corrected chi connectivity index (χ1v) is 5.03. The average Bonchev–Trinajstić information content (AvgIpc) is 2.47. The molecular formula is C11H9NOS. The summed E-state index contributed by atoms with van der Waals surface area (Å²) >= 11 is 1.32. The molecule has 0 fully saturated rings. The van der Waals surface area contributed by atoms with Crippen LogP contribution in [0.3, 0.4) is 0 Å². The van der Waals surface area contributed by atoms with E-state index in [2.05, 4.69) is 0 Å². The lowest BCUT2D eigenvalue weighted by Crippen LogP contribution is -1.87. The molecule has 0 unspecified atom stereocenters. The van der Waals surface area contributed by atoms with E-state index in [1.165, 1.54) is 17.8 Å². The molecule has 0 bridgehead atoms. The van der Waals surface area contributed by atoms with Crippen LogP contribution < -0.4 is 5.73 Å². The summed E-state index contributed by atoms with van der Waals surface area (Å²) in [6.45, 7) is 0. The van der Waals surface area contributed by atoms with Gasteiger partial charge in [-0.1, -0.05) is 42.1 Å². The second-order valence-electron chi connectivity index (χ2n) is 2.93. The summed E-state index contributed by atoms with van der Waals surface area (Å²) in [7, 11) is 0. The normalized spacial score (nSPS) is 18.7. The van der Waals surface area contributed by atoms with Gasteiger partial charge >= 0.3 is 0 Å². The number of hydrogen-bond donors (Lipinski definition) is 1. The molecule has 70 valence electrons. The minimum Gasteiger partial charge on any atom is -0.393 e. The van der Waals surface area contributed by atoms with Crippen molar-refractivity contribution in [3.63, 3.8) is 0 Å². The predicted molar refractivity (Wildman–Crippen MR) is 59.3 cm³/mol. The van der Waals surface area contributed by atoms with Crippen molar-refractivity contribution in [1.82, 2.24) is 0 Å². The fraction of sp³-hybridized carbons (Fsp3) is 0. The summed E-state index contributed by atoms with van der Waals surface area (Å²) in [6, 6.07) is 9.73. The van der Waals surface area contributed by atoms with Crippen LogP contribution in [-0.2, 0) is 4.79 Å². The molecule has 2 N–H and O–H groups in total. The third kappa shape index (κ3) is 1.88. The van der Waals surface area contributed by atoms with Crippen molar-refractivity contribution in [2.45, 2.75) is 0 Å². The fourth-order valence-electron chi connectivity index (χ4n) is 1.21. The van der Waals surface area contributed by atoms with Crippen molar-refractivity contribution < 1.29 is 4.79 Å². The highest BCUT2D eigenvalue weighted by molar-refractivity contribution is 8.08. The minimum absolute atomic E-state index is 0.00338. The average molecular weight is 203 g/mol. The molecule has 2 nitrogen and oxygen atoms in total. The highest BCUT2D eigenvalue weighted by Gasteiger charge is 2.16. The van der Waals surface area contributed by atoms with E-state index in [1.807, 2.05) is 36.4 Å². The highest BCUT2D eigenvalue weighted by Crippen LogP contribution is 2.31. The highest BCUT2D eigenvalue weighted by atomic mass is 32.2. The molecular weight excluding hydrogens is 194 g/mol. The van der Waals surface area contributed by atoms with E-state index >= 15 is 0 Å². The molecule has 0 atom stereocenters. The number of allylic oxidation sites excluding steroid dienone is 2. The molecule has 0 amide bonds. The fourth-order valence-corrected chi connectivity index (χ4v) is 1.98. The molecule has 0 radical (unpaired) electrons. The Bertz CT molecular complexity index is 420. The number of carbonyl (C=O) groups is 1. The summed E-state index contributed by atoms with van der Waals surface area (Å²) in [4.78, 5) is 12.0. The first kappa shape index (κ1) is 9.09. The Balaban J connectivity index is 2.26. The van der Waals surface area contributed by atoms with E-state index < -0.39 is 0 Å². The Labute approximate surface area is 86.5 Å². The maximum atomic E-state index is 11.3. The number of nitrogens with two attached hydrogens (primary N) is 1. The Hall–Kier alpha value is -1.48. The van der Waals surface area contributed by atoms with Crippen LogP contribution in [0.4, 0.5) is 0 Å². The van der Waals surface area contributed by atoms with Gasteiger partial charge in [-0.2, -0.15) is 0 Å². The van der Waals surface area contributed by atoms with Crippen molar-refractivity contribution in [3.05, 3.63) is 51.9 Å². The van der Waals surface area contributed by atoms with Gasteiger partial charge in [0.25, 0.3) is 0 Å². The number of thioether (sulfide) groups is 1. The summed E-state index contributed by atoms with van der Waals surface area (Å²) in [5, 5.41) is 0.567. The first-order chi connectivity index (χ1) is 6.75. The lowest BCUT2D eigenvalue weighted by Gasteiger charge is -1.95. The third-order valence-electron chi connectivity index (χ3n) is 1.84. The van der Waals surface area contributed by atoms with Crippen molar-refractivity contribution >= 4 is 23.6 Å². The molecule has 1 aliphatic rings. The van der Waals surface area contributed by atoms with Gasteiger partial charge in [-0.15, -0.1) is 0 Å². The van der Waals surface area contributed by atoms with E-state index in [0.29, 0.717) is 9.93 Å². The molecule has 3 heteroatoms. The van der Waals surface area contributed by atoms with Gasteiger partial charge in [-0.05, 0) is 11.6 Å². The standard InChI is InChI=1S/C11H9NOS/c12-11-7-9(13)10(14-11)6-8-4-2-1-3-5-8/h1-7H,12H2/b10-6+. The molecule has 1 aromatic rings. The summed E-state index contributed by atoms with van der Waals surface area (Å²) in [5.41, 5.74) is 6.55. The lowest BCUT2D eigenvalue weighted by atomic mass is 10.2. The maximum Gasteiger partial charge on any atom is 0.195 e. The molecule has 1 aliphatic heterocycles. The van der Waals surface area contributed by atoms with Gasteiger partial charge in [0, 0.05) is 6.08 Å². The number of carbonyl (C=O) groups excluding carboxylic acids is 1. The molecule has 0 saturated heterocycles. The van der Waals surface area contributed by atoms with Crippen molar-refractivity contribution in [1.29, 1.82) is 0 Å². The van der Waals surface area contributed by atoms with Crippen LogP contribution in [0.5, 0.6) is 0 Å². The van der Waals surface area contributed by atoms with Crippen LogP contribution in [-0.4, -0.2) is 5.78 Å². The third-order valence-corrected chi connectivity index (χ3v) is 2.73. The number of hydrogen-bond acceptors (Lipinski definition) is 3. The van der Waals surface area contributed by atoms with E-state index in [1.54, 1.807) is 0 Å². The van der Waals surface area contributed by atoms with Crippen LogP contribution >= 0.6 is 11.8 Å². The van der Waals surface area contributed by atoms with Gasteiger partial charge in [0.1, 0.15) is 0 Å². The van der Waals surface area contributed by atoms with E-state index in [4.69, 9.17) is 5.73 Å². The largest absolute Gasteiger partial charge is 0.393 e. The van der Waals surface area contributed by atoms with Gasteiger partial charge in [0.2, 0.25) is 0 Å². The zero-order chi connectivity index (χ0) is 9.97. The zero-order valence-corrected chi connectivity index (χ0v) is 8.25. The molecule has 1 heterocycles. The van der Waals surface area contributed by atoms with Crippen LogP contribution in [0.1, 0.15) is 5.56 Å². The predicted octanol–water partition coefficient (Wildman–Crippen LogP) is 2.14. The Morgan fingerprint density at radius 1 is 1.21 bits per heavy atom. The van der Waals surface area contributed by atoms with Crippen molar-refractivity contribution in [2.24, 2.45) is 5.73 Å². The molecule has 14 heavy (non-hydrogen) atoms. The van der Waals surface area contributed by atoms with Crippen LogP contribution in [0, 0.1) is 0 Å². The molecule has 0 aromatic heterocycles. The number of ketones is 1. The minimum atomic E-state index is -0.00338. The maximum absolute atomic E-state index is 11.3. The lowest BCUT2D eigenvalue weighted by molar-refractivity contribution is -0.110. The molecule has 2 rings (SSSR count). The summed E-state index contributed by atoms with van der Waals surface area (Å²) < 4.78 is 0. The van der Waals surface area contributed by atoms with E-state index in [0.717, 1.165) is 5.56 Å². The van der Waals surface area contributed by atoms with Gasteiger partial charge in [-0.25, -0.2) is 0 Å². The Morgan fingerprint density at radius 2 is 1.93 bits per heavy atom. The molecule has 0 spiro atoms.